The van der Waals surface area contributed by atoms with Gasteiger partial charge in [-0.15, -0.1) is 0 Å². The standard InChI is InChI=1S/C28H36N2O7/c1-27(2,3)29-26(36)22-19(32)13-16-11-15-12-17-14(7-6-10-30(4)5)8-9-18(31)21(17)23(33)20(15)24(34)28(16,37)25(22)35/h8-9,15-16,31,33,35,37H,6-7,10-13H2,1-5H3,(H,29,36)/t15-,16+,28+/m1/s1. The molecule has 1 fully saturated rings. The van der Waals surface area contributed by atoms with E-state index in [-0.39, 0.29) is 29.7 Å². The molecule has 0 unspecified atom stereocenters. The highest BCUT2D eigenvalue weighted by molar-refractivity contribution is 6.23. The smallest absolute Gasteiger partial charge is 0.258 e. The van der Waals surface area contributed by atoms with Gasteiger partial charge in [-0.3, -0.25) is 14.4 Å². The molecule has 9 nitrogen and oxygen atoms in total. The van der Waals surface area contributed by atoms with Gasteiger partial charge in [0.2, 0.25) is 5.78 Å². The van der Waals surface area contributed by atoms with Crippen LogP contribution in [0.25, 0.3) is 5.76 Å². The van der Waals surface area contributed by atoms with E-state index >= 15 is 0 Å². The fourth-order valence-electron chi connectivity index (χ4n) is 5.89. The molecule has 200 valence electrons. The van der Waals surface area contributed by atoms with Gasteiger partial charge < -0.3 is 30.6 Å². The lowest BCUT2D eigenvalue weighted by Gasteiger charge is -2.46. The number of aromatic hydroxyl groups is 1. The number of hydrogen-bond donors (Lipinski definition) is 5. The highest BCUT2D eigenvalue weighted by Gasteiger charge is 2.60. The Kier molecular flexibility index (Phi) is 6.75. The number of nitrogens with one attached hydrogen (secondary N) is 1. The molecular weight excluding hydrogens is 476 g/mol. The van der Waals surface area contributed by atoms with E-state index in [9.17, 15) is 34.8 Å². The predicted octanol–water partition coefficient (Wildman–Crippen LogP) is 2.35. The summed E-state index contributed by atoms with van der Waals surface area (Å²) in [5, 5.41) is 47.0. The second kappa shape index (κ2) is 9.29. The minimum Gasteiger partial charge on any atom is -0.508 e. The van der Waals surface area contributed by atoms with E-state index in [0.717, 1.165) is 24.1 Å². The third-order valence-corrected chi connectivity index (χ3v) is 7.56. The number of phenols is 1. The number of aliphatic hydroxyl groups excluding tert-OH is 2. The van der Waals surface area contributed by atoms with Crippen molar-refractivity contribution in [1.29, 1.82) is 0 Å². The fraction of sp³-hybridized carbons (Fsp3) is 0.536. The van der Waals surface area contributed by atoms with Crippen LogP contribution in [-0.4, -0.2) is 74.6 Å². The summed E-state index contributed by atoms with van der Waals surface area (Å²) in [5.41, 5.74) is -2.11. The minimum atomic E-state index is -2.52. The average Bonchev–Trinajstić information content (AvgIpc) is 2.76. The Bertz CT molecular complexity index is 1240. The Morgan fingerprint density at radius 2 is 1.81 bits per heavy atom. The third kappa shape index (κ3) is 4.55. The van der Waals surface area contributed by atoms with Crippen LogP contribution in [-0.2, 0) is 27.2 Å². The molecule has 9 heteroatoms. The lowest BCUT2D eigenvalue weighted by molar-refractivity contribution is -0.147. The normalized spacial score (nSPS) is 25.7. The van der Waals surface area contributed by atoms with Crippen molar-refractivity contribution in [2.24, 2.45) is 11.8 Å². The Hall–Kier alpha value is -3.17. The van der Waals surface area contributed by atoms with Gasteiger partial charge in [-0.05, 0) is 90.2 Å². The quantitative estimate of drug-likeness (QED) is 0.378. The lowest BCUT2D eigenvalue weighted by Crippen LogP contribution is -2.58. The van der Waals surface area contributed by atoms with Crippen LogP contribution in [0.3, 0.4) is 0 Å². The van der Waals surface area contributed by atoms with E-state index in [1.807, 2.05) is 20.2 Å². The zero-order valence-electron chi connectivity index (χ0n) is 22.0. The summed E-state index contributed by atoms with van der Waals surface area (Å²) >= 11 is 0. The molecule has 1 aromatic rings. The van der Waals surface area contributed by atoms with Gasteiger partial charge >= 0.3 is 0 Å². The van der Waals surface area contributed by atoms with Gasteiger partial charge in [-0.2, -0.15) is 0 Å². The number of aliphatic hydroxyl groups is 3. The molecule has 0 aliphatic heterocycles. The monoisotopic (exact) mass is 512 g/mol. The molecule has 0 saturated heterocycles. The van der Waals surface area contributed by atoms with E-state index < -0.39 is 57.5 Å². The number of ketones is 2. The van der Waals surface area contributed by atoms with Crippen molar-refractivity contribution in [3.05, 3.63) is 45.7 Å². The number of hydrogen-bond acceptors (Lipinski definition) is 8. The van der Waals surface area contributed by atoms with Gasteiger partial charge in [0, 0.05) is 23.5 Å². The summed E-state index contributed by atoms with van der Waals surface area (Å²) in [7, 11) is 3.96. The zero-order valence-corrected chi connectivity index (χ0v) is 22.0. The van der Waals surface area contributed by atoms with Gasteiger partial charge in [0.25, 0.3) is 5.91 Å². The molecule has 37 heavy (non-hydrogen) atoms. The number of carbonyl (C=O) groups is 3. The van der Waals surface area contributed by atoms with Crippen molar-refractivity contribution in [3.63, 3.8) is 0 Å². The van der Waals surface area contributed by atoms with Crippen molar-refractivity contribution in [1.82, 2.24) is 10.2 Å². The molecule has 3 aliphatic rings. The van der Waals surface area contributed by atoms with Crippen LogP contribution >= 0.6 is 0 Å². The van der Waals surface area contributed by atoms with Gasteiger partial charge in [0.15, 0.2) is 11.4 Å². The van der Waals surface area contributed by atoms with E-state index in [1.165, 1.54) is 6.07 Å². The number of rotatable bonds is 5. The molecule has 0 radical (unpaired) electrons. The molecular formula is C28H36N2O7. The van der Waals surface area contributed by atoms with Gasteiger partial charge in [-0.1, -0.05) is 6.07 Å². The van der Waals surface area contributed by atoms with Crippen LogP contribution in [0.15, 0.2) is 29.0 Å². The second-order valence-corrected chi connectivity index (χ2v) is 11.8. The number of fused-ring (bicyclic) bond motifs is 3. The van der Waals surface area contributed by atoms with Crippen LogP contribution in [0, 0.1) is 11.8 Å². The van der Waals surface area contributed by atoms with Gasteiger partial charge in [-0.25, -0.2) is 0 Å². The van der Waals surface area contributed by atoms with E-state index in [0.29, 0.717) is 12.8 Å². The van der Waals surface area contributed by atoms with Crippen LogP contribution in [0.4, 0.5) is 0 Å². The van der Waals surface area contributed by atoms with E-state index in [4.69, 9.17) is 0 Å². The molecule has 5 N–H and O–H groups in total. The molecule has 1 amide bonds. The Morgan fingerprint density at radius 3 is 2.43 bits per heavy atom. The fourth-order valence-corrected chi connectivity index (χ4v) is 5.89. The first kappa shape index (κ1) is 26.9. The summed E-state index contributed by atoms with van der Waals surface area (Å²) in [6.45, 7) is 5.96. The third-order valence-electron chi connectivity index (χ3n) is 7.56. The number of Topliss-reactive ketones (excluding diaryl/α,β-unsaturated/α-hetero) is 2. The van der Waals surface area contributed by atoms with E-state index in [1.54, 1.807) is 20.8 Å². The maximum Gasteiger partial charge on any atom is 0.258 e. The summed E-state index contributed by atoms with van der Waals surface area (Å²) in [6.07, 6.45) is 1.78. The topological polar surface area (TPSA) is 147 Å². The number of aryl methyl sites for hydroxylation is 1. The largest absolute Gasteiger partial charge is 0.508 e. The van der Waals surface area contributed by atoms with Crippen molar-refractivity contribution >= 4 is 23.2 Å². The molecule has 4 rings (SSSR count). The molecule has 0 spiro atoms. The number of carbonyl (C=O) groups excluding carboxylic acids is 3. The molecule has 3 aliphatic carbocycles. The Balaban J connectivity index is 1.79. The first-order valence-corrected chi connectivity index (χ1v) is 12.6. The Labute approximate surface area is 216 Å². The van der Waals surface area contributed by atoms with Crippen LogP contribution in [0.1, 0.15) is 56.7 Å². The second-order valence-electron chi connectivity index (χ2n) is 11.8. The molecule has 1 saturated carbocycles. The summed E-state index contributed by atoms with van der Waals surface area (Å²) in [6, 6.07) is 3.30. The average molecular weight is 513 g/mol. The Morgan fingerprint density at radius 1 is 1.14 bits per heavy atom. The van der Waals surface area contributed by atoms with E-state index in [2.05, 4.69) is 10.2 Å². The predicted molar refractivity (Wildman–Crippen MR) is 137 cm³/mol. The summed E-state index contributed by atoms with van der Waals surface area (Å²) in [4.78, 5) is 41.6. The first-order valence-electron chi connectivity index (χ1n) is 12.6. The van der Waals surface area contributed by atoms with Crippen molar-refractivity contribution < 1.29 is 34.8 Å². The number of benzene rings is 1. The molecule has 0 bridgehead atoms. The van der Waals surface area contributed by atoms with Crippen LogP contribution in [0.2, 0.25) is 0 Å². The summed E-state index contributed by atoms with van der Waals surface area (Å²) in [5.74, 6) is -5.50. The highest BCUT2D eigenvalue weighted by atomic mass is 16.3. The van der Waals surface area contributed by atoms with Crippen molar-refractivity contribution in [3.8, 4) is 5.75 Å². The highest BCUT2D eigenvalue weighted by Crippen LogP contribution is 2.52. The zero-order chi connectivity index (χ0) is 27.4. The van der Waals surface area contributed by atoms with Crippen molar-refractivity contribution in [2.45, 2.75) is 64.0 Å². The lowest BCUT2D eigenvalue weighted by atomic mass is 9.59. The molecule has 3 atom stereocenters. The maximum atomic E-state index is 13.8. The molecule has 1 aromatic carbocycles. The number of phenolic OH excluding ortho intramolecular Hbond substituents is 1. The maximum absolute atomic E-state index is 13.8. The number of nitrogens with zero attached hydrogens (tertiary/aromatic N) is 1. The summed E-state index contributed by atoms with van der Waals surface area (Å²) < 4.78 is 0. The number of amides is 1. The molecule has 0 heterocycles. The minimum absolute atomic E-state index is 0.0940. The van der Waals surface area contributed by atoms with Gasteiger partial charge in [0.1, 0.15) is 22.8 Å². The van der Waals surface area contributed by atoms with Crippen LogP contribution < -0.4 is 5.32 Å². The molecule has 0 aromatic heterocycles. The van der Waals surface area contributed by atoms with Crippen LogP contribution in [0.5, 0.6) is 5.75 Å². The SMILES string of the molecule is CN(C)CCCc1ccc(O)c2c1C[C@H]1C[C@H]3CC(=O)C(C(=O)NC(C)(C)C)=C(O)[C@@]3(O)C(=O)C1=C2O. The van der Waals surface area contributed by atoms with Crippen molar-refractivity contribution in [2.75, 3.05) is 20.6 Å². The van der Waals surface area contributed by atoms with Gasteiger partial charge in [0.05, 0.1) is 5.56 Å². The first-order chi connectivity index (χ1) is 17.2.